The fraction of sp³-hybridized carbons (Fsp3) is 0.250. The first-order chi connectivity index (χ1) is 6.07. The molecule has 2 aliphatic heterocycles. The number of hydrogen-bond donors (Lipinski definition) is 0. The van der Waals surface area contributed by atoms with Crippen LogP contribution >= 0.6 is 10.7 Å². The third-order valence-corrected chi connectivity index (χ3v) is 2.74. The van der Waals surface area contributed by atoms with E-state index in [1.165, 1.54) is 0 Å². The highest BCUT2D eigenvalue weighted by molar-refractivity contribution is 8.25. The first kappa shape index (κ1) is 8.45. The van der Waals surface area contributed by atoms with Crippen molar-refractivity contribution in [3.8, 4) is 0 Å². The van der Waals surface area contributed by atoms with Crippen molar-refractivity contribution in [1.29, 1.82) is 0 Å². The Morgan fingerprint density at radius 2 is 2.00 bits per heavy atom. The maximum atomic E-state index is 10.8. The van der Waals surface area contributed by atoms with Gasteiger partial charge in [-0.1, -0.05) is 0 Å². The zero-order valence-electron chi connectivity index (χ0n) is 6.05. The molecular formula is C4H2ClN5O2S. The maximum absolute atomic E-state index is 10.8. The normalized spacial score (nSPS) is 20.5. The van der Waals surface area contributed by atoms with Crippen LogP contribution in [0.25, 0.3) is 0 Å². The second kappa shape index (κ2) is 2.67. The van der Waals surface area contributed by atoms with Gasteiger partial charge < -0.3 is 0 Å². The highest BCUT2D eigenvalue weighted by Crippen LogP contribution is 2.15. The van der Waals surface area contributed by atoms with Gasteiger partial charge in [-0.3, -0.25) is 0 Å². The fourth-order valence-corrected chi connectivity index (χ4v) is 1.53. The van der Waals surface area contributed by atoms with Crippen molar-refractivity contribution in [1.82, 2.24) is 0 Å². The molecule has 0 saturated carbocycles. The van der Waals surface area contributed by atoms with Crippen LogP contribution in [0, 0.1) is 0 Å². The predicted molar refractivity (Wildman–Crippen MR) is 46.6 cm³/mol. The van der Waals surface area contributed by atoms with E-state index in [9.17, 15) is 8.42 Å². The minimum atomic E-state index is -3.81. The van der Waals surface area contributed by atoms with Crippen molar-refractivity contribution in [2.45, 2.75) is 6.42 Å². The molecule has 13 heavy (non-hydrogen) atoms. The van der Waals surface area contributed by atoms with Crippen LogP contribution < -0.4 is 0 Å². The third kappa shape index (κ3) is 1.49. The summed E-state index contributed by atoms with van der Waals surface area (Å²) in [6.45, 7) is 0. The van der Waals surface area contributed by atoms with Gasteiger partial charge in [-0.05, 0) is 5.22 Å². The summed E-state index contributed by atoms with van der Waals surface area (Å²) in [7, 11) is 1.24. The van der Waals surface area contributed by atoms with Crippen molar-refractivity contribution < 1.29 is 8.42 Å². The van der Waals surface area contributed by atoms with E-state index >= 15 is 0 Å². The lowest BCUT2D eigenvalue weighted by molar-refractivity contribution is 0.619. The Bertz CT molecular complexity index is 473. The Balaban J connectivity index is 2.42. The number of fused-ring (bicyclic) bond motifs is 1. The predicted octanol–water partition coefficient (Wildman–Crippen LogP) is 0.493. The molecule has 9 heteroatoms. The molecule has 0 aliphatic carbocycles. The van der Waals surface area contributed by atoms with Crippen molar-refractivity contribution in [2.24, 2.45) is 25.6 Å². The van der Waals surface area contributed by atoms with E-state index in [4.69, 9.17) is 10.7 Å². The number of nitrogens with zero attached hydrogens (tertiary/aromatic N) is 5. The van der Waals surface area contributed by atoms with Gasteiger partial charge in [-0.2, -0.15) is 0 Å². The molecule has 0 aromatic rings. The molecular weight excluding hydrogens is 218 g/mol. The van der Waals surface area contributed by atoms with Crippen LogP contribution in [0.3, 0.4) is 0 Å². The van der Waals surface area contributed by atoms with Gasteiger partial charge in [0.25, 0.3) is 9.05 Å². The molecule has 68 valence electrons. The van der Waals surface area contributed by atoms with Gasteiger partial charge >= 0.3 is 0 Å². The van der Waals surface area contributed by atoms with Crippen LogP contribution in [0.4, 0.5) is 0 Å². The van der Waals surface area contributed by atoms with Gasteiger partial charge in [0.1, 0.15) is 5.71 Å². The van der Waals surface area contributed by atoms with Gasteiger partial charge in [-0.15, -0.1) is 20.4 Å². The summed E-state index contributed by atoms with van der Waals surface area (Å²) in [4.78, 5) is 0. The van der Waals surface area contributed by atoms with Crippen LogP contribution in [-0.4, -0.2) is 25.0 Å². The molecule has 0 fully saturated rings. The van der Waals surface area contributed by atoms with Gasteiger partial charge in [-0.25, -0.2) is 8.42 Å². The topological polar surface area (TPSA) is 95.9 Å². The smallest absolute Gasteiger partial charge is 0.206 e. The summed E-state index contributed by atoms with van der Waals surface area (Å²) in [6.07, 6.45) is -0.00231. The molecule has 0 N–H and O–H groups in total. The number of amidine groups is 1. The van der Waals surface area contributed by atoms with Crippen LogP contribution in [-0.2, 0) is 9.05 Å². The van der Waals surface area contributed by atoms with E-state index < -0.39 is 9.05 Å². The second-order valence-electron chi connectivity index (χ2n) is 2.27. The fourth-order valence-electron chi connectivity index (χ4n) is 0.830. The van der Waals surface area contributed by atoms with Crippen molar-refractivity contribution in [3.05, 3.63) is 0 Å². The molecule has 0 radical (unpaired) electrons. The van der Waals surface area contributed by atoms with Gasteiger partial charge in [0, 0.05) is 10.7 Å². The SMILES string of the molecule is O=S(=O)(Cl)C1=NN=C2N=NN=C2C1. The third-order valence-electron chi connectivity index (χ3n) is 1.42. The first-order valence-electron chi connectivity index (χ1n) is 3.14. The minimum absolute atomic E-state index is 0.00231. The van der Waals surface area contributed by atoms with E-state index in [1.807, 2.05) is 0 Å². The number of rotatable bonds is 0. The summed E-state index contributed by atoms with van der Waals surface area (Å²) in [5.74, 6) is 0.240. The lowest BCUT2D eigenvalue weighted by atomic mass is 10.2. The van der Waals surface area contributed by atoms with Crippen molar-refractivity contribution in [3.63, 3.8) is 0 Å². The molecule has 2 heterocycles. The van der Waals surface area contributed by atoms with Crippen LogP contribution in [0.2, 0.25) is 0 Å². The summed E-state index contributed by atoms with van der Waals surface area (Å²) < 4.78 is 21.6. The monoisotopic (exact) mass is 219 g/mol. The Morgan fingerprint density at radius 3 is 2.69 bits per heavy atom. The lowest BCUT2D eigenvalue weighted by Gasteiger charge is -2.03. The van der Waals surface area contributed by atoms with Gasteiger partial charge in [0.15, 0.2) is 5.04 Å². The van der Waals surface area contributed by atoms with Gasteiger partial charge in [0.05, 0.1) is 6.42 Å². The van der Waals surface area contributed by atoms with E-state index in [2.05, 4.69) is 25.6 Å². The summed E-state index contributed by atoms with van der Waals surface area (Å²) in [5.41, 5.74) is 0.370. The van der Waals surface area contributed by atoms with Gasteiger partial charge in [0.2, 0.25) is 5.84 Å². The quantitative estimate of drug-likeness (QED) is 0.554. The van der Waals surface area contributed by atoms with Crippen molar-refractivity contribution >= 4 is 36.3 Å². The Kier molecular flexibility index (Phi) is 1.74. The molecule has 0 unspecified atom stereocenters. The second-order valence-corrected chi connectivity index (χ2v) is 4.83. The summed E-state index contributed by atoms with van der Waals surface area (Å²) in [6, 6.07) is 0. The molecule has 0 atom stereocenters. The zero-order chi connectivity index (χ0) is 9.47. The minimum Gasteiger partial charge on any atom is -0.206 e. The molecule has 0 bridgehead atoms. The zero-order valence-corrected chi connectivity index (χ0v) is 7.62. The molecule has 0 spiro atoms. The van der Waals surface area contributed by atoms with E-state index in [0.29, 0.717) is 5.71 Å². The van der Waals surface area contributed by atoms with E-state index in [0.717, 1.165) is 0 Å². The standard InChI is InChI=1S/C4H2ClN5O2S/c5-13(11,12)3-1-2-4(8-7-3)9-10-6-2/h1H2. The average Bonchev–Trinajstić information content (AvgIpc) is 2.47. The molecule has 0 aromatic carbocycles. The molecule has 7 nitrogen and oxygen atoms in total. The molecule has 2 aliphatic rings. The Morgan fingerprint density at radius 1 is 1.23 bits per heavy atom. The highest BCUT2D eigenvalue weighted by atomic mass is 35.7. The Hall–Kier alpha value is -1.15. The molecule has 0 saturated heterocycles. The van der Waals surface area contributed by atoms with Crippen LogP contribution in [0.15, 0.2) is 25.6 Å². The van der Waals surface area contributed by atoms with E-state index in [1.54, 1.807) is 0 Å². The Labute approximate surface area is 77.3 Å². The lowest BCUT2D eigenvalue weighted by Crippen LogP contribution is -2.21. The summed E-state index contributed by atoms with van der Waals surface area (Å²) >= 11 is 0. The average molecular weight is 220 g/mol. The largest absolute Gasteiger partial charge is 0.276 e. The van der Waals surface area contributed by atoms with Crippen LogP contribution in [0.1, 0.15) is 6.42 Å². The first-order valence-corrected chi connectivity index (χ1v) is 5.45. The molecule has 0 aromatic heterocycles. The molecule has 0 amide bonds. The maximum Gasteiger partial charge on any atom is 0.276 e. The number of halogens is 1. The summed E-state index contributed by atoms with van der Waals surface area (Å²) in [5, 5.41) is 17.0. The van der Waals surface area contributed by atoms with E-state index in [-0.39, 0.29) is 17.3 Å². The highest BCUT2D eigenvalue weighted by Gasteiger charge is 2.27. The number of hydrogen-bond acceptors (Lipinski definition) is 7. The van der Waals surface area contributed by atoms with Crippen molar-refractivity contribution in [2.75, 3.05) is 0 Å². The van der Waals surface area contributed by atoms with Crippen LogP contribution in [0.5, 0.6) is 0 Å². The molecule has 2 rings (SSSR count).